The molecule has 2 rings (SSSR count). The number of para-hydroxylation sites is 1. The maximum atomic E-state index is 9.23. The van der Waals surface area contributed by atoms with E-state index in [1.165, 1.54) is 0 Å². The van der Waals surface area contributed by atoms with Crippen molar-refractivity contribution in [3.63, 3.8) is 0 Å². The van der Waals surface area contributed by atoms with E-state index in [1.54, 1.807) is 25.3 Å². The van der Waals surface area contributed by atoms with Gasteiger partial charge >= 0.3 is 0 Å². The zero-order valence-electron chi connectivity index (χ0n) is 10.9. The third-order valence-corrected chi connectivity index (χ3v) is 2.90. The molecule has 100 valence electrons. The number of benzene rings is 2. The summed E-state index contributed by atoms with van der Waals surface area (Å²) in [7, 11) is 1.60. The molecule has 2 aromatic carbocycles. The van der Waals surface area contributed by atoms with Crippen molar-refractivity contribution in [1.82, 2.24) is 0 Å². The van der Waals surface area contributed by atoms with E-state index in [0.717, 1.165) is 11.3 Å². The predicted molar refractivity (Wildman–Crippen MR) is 81.7 cm³/mol. The van der Waals surface area contributed by atoms with Gasteiger partial charge in [-0.2, -0.15) is 5.26 Å². The lowest BCUT2D eigenvalue weighted by Gasteiger charge is -2.07. The summed E-state index contributed by atoms with van der Waals surface area (Å²) in [5, 5.41) is 12.9. The highest BCUT2D eigenvalue weighted by molar-refractivity contribution is 6.30. The summed E-state index contributed by atoms with van der Waals surface area (Å²) in [5.41, 5.74) is 2.01. The second kappa shape index (κ2) is 6.65. The molecule has 20 heavy (non-hydrogen) atoms. The molecule has 0 aliphatic rings. The normalized spacial score (nSPS) is 10.8. The van der Waals surface area contributed by atoms with Crippen molar-refractivity contribution in [3.05, 3.63) is 64.8 Å². The van der Waals surface area contributed by atoms with Crippen LogP contribution in [0.15, 0.2) is 54.2 Å². The van der Waals surface area contributed by atoms with Crippen LogP contribution in [-0.2, 0) is 0 Å². The van der Waals surface area contributed by atoms with Crippen molar-refractivity contribution < 1.29 is 4.74 Å². The predicted octanol–water partition coefficient (Wildman–Crippen LogP) is 4.33. The third kappa shape index (κ3) is 3.53. The number of hydrogen-bond acceptors (Lipinski definition) is 3. The molecular formula is C16H13ClN2O. The Bertz CT molecular complexity index is 674. The summed E-state index contributed by atoms with van der Waals surface area (Å²) in [5.74, 6) is 0.716. The van der Waals surface area contributed by atoms with Gasteiger partial charge in [-0.15, -0.1) is 0 Å². The van der Waals surface area contributed by atoms with Crippen molar-refractivity contribution in [2.24, 2.45) is 0 Å². The maximum absolute atomic E-state index is 9.23. The molecule has 0 fully saturated rings. The summed E-state index contributed by atoms with van der Waals surface area (Å²) < 4.78 is 5.26. The smallest absolute Gasteiger partial charge is 0.126 e. The Morgan fingerprint density at radius 2 is 2.05 bits per heavy atom. The standard InChI is InChI=1S/C16H13ClN2O/c1-20-16-8-3-2-5-12(16)9-15(11-18)19-14-7-4-6-13(17)10-14/h2-10,19H,1H3/b15-9+. The first-order chi connectivity index (χ1) is 9.72. The van der Waals surface area contributed by atoms with Crippen molar-refractivity contribution >= 4 is 23.4 Å². The minimum Gasteiger partial charge on any atom is -0.496 e. The first-order valence-electron chi connectivity index (χ1n) is 6.00. The molecule has 1 N–H and O–H groups in total. The number of allylic oxidation sites excluding steroid dienone is 1. The van der Waals surface area contributed by atoms with Gasteiger partial charge in [-0.3, -0.25) is 0 Å². The number of ether oxygens (including phenoxy) is 1. The summed E-state index contributed by atoms with van der Waals surface area (Å²) in [6.07, 6.45) is 1.74. The van der Waals surface area contributed by atoms with Crippen LogP contribution < -0.4 is 10.1 Å². The van der Waals surface area contributed by atoms with Crippen molar-refractivity contribution in [3.8, 4) is 11.8 Å². The van der Waals surface area contributed by atoms with Gasteiger partial charge in [-0.1, -0.05) is 35.9 Å². The number of hydrogen-bond donors (Lipinski definition) is 1. The summed E-state index contributed by atoms with van der Waals surface area (Å²) in [4.78, 5) is 0. The number of nitriles is 1. The Kier molecular flexibility index (Phi) is 4.65. The van der Waals surface area contributed by atoms with Crippen LogP contribution in [-0.4, -0.2) is 7.11 Å². The average Bonchev–Trinajstić information content (AvgIpc) is 2.47. The number of nitrogens with zero attached hydrogens (tertiary/aromatic N) is 1. The fraction of sp³-hybridized carbons (Fsp3) is 0.0625. The minimum absolute atomic E-state index is 0.414. The molecule has 0 radical (unpaired) electrons. The van der Waals surface area contributed by atoms with Crippen LogP contribution in [0.1, 0.15) is 5.56 Å². The van der Waals surface area contributed by atoms with Crippen LogP contribution in [0.25, 0.3) is 6.08 Å². The van der Waals surface area contributed by atoms with Crippen LogP contribution in [0.3, 0.4) is 0 Å². The van der Waals surface area contributed by atoms with E-state index in [2.05, 4.69) is 11.4 Å². The van der Waals surface area contributed by atoms with E-state index < -0.39 is 0 Å². The third-order valence-electron chi connectivity index (χ3n) is 2.66. The molecule has 0 unspecified atom stereocenters. The van der Waals surface area contributed by atoms with E-state index in [1.807, 2.05) is 36.4 Å². The van der Waals surface area contributed by atoms with Gasteiger partial charge < -0.3 is 10.1 Å². The second-order valence-electron chi connectivity index (χ2n) is 4.05. The summed E-state index contributed by atoms with van der Waals surface area (Å²) in [6.45, 7) is 0. The van der Waals surface area contributed by atoms with Crippen molar-refractivity contribution in [2.75, 3.05) is 12.4 Å². The Morgan fingerprint density at radius 3 is 2.75 bits per heavy atom. The summed E-state index contributed by atoms with van der Waals surface area (Å²) in [6, 6.07) is 16.8. The molecule has 0 saturated heterocycles. The number of rotatable bonds is 4. The molecule has 0 amide bonds. The van der Waals surface area contributed by atoms with Crippen LogP contribution >= 0.6 is 11.6 Å². The zero-order valence-corrected chi connectivity index (χ0v) is 11.7. The Hall–Kier alpha value is -2.44. The van der Waals surface area contributed by atoms with Crippen LogP contribution in [0.5, 0.6) is 5.75 Å². The van der Waals surface area contributed by atoms with Gasteiger partial charge in [-0.25, -0.2) is 0 Å². The van der Waals surface area contributed by atoms with E-state index in [0.29, 0.717) is 16.5 Å². The lowest BCUT2D eigenvalue weighted by Crippen LogP contribution is -1.97. The second-order valence-corrected chi connectivity index (χ2v) is 4.48. The lowest BCUT2D eigenvalue weighted by atomic mass is 10.1. The lowest BCUT2D eigenvalue weighted by molar-refractivity contribution is 0.414. The maximum Gasteiger partial charge on any atom is 0.126 e. The highest BCUT2D eigenvalue weighted by Crippen LogP contribution is 2.22. The van der Waals surface area contributed by atoms with Gasteiger partial charge in [0, 0.05) is 16.3 Å². The molecule has 0 atom stereocenters. The molecule has 4 heteroatoms. The van der Waals surface area contributed by atoms with Crippen molar-refractivity contribution in [1.29, 1.82) is 5.26 Å². The average molecular weight is 285 g/mol. The topological polar surface area (TPSA) is 45.0 Å². The number of methoxy groups -OCH3 is 1. The van der Waals surface area contributed by atoms with Gasteiger partial charge in [0.2, 0.25) is 0 Å². The van der Waals surface area contributed by atoms with Gasteiger partial charge in [0.05, 0.1) is 7.11 Å². The zero-order chi connectivity index (χ0) is 14.4. The van der Waals surface area contributed by atoms with Crippen LogP contribution in [0, 0.1) is 11.3 Å². The number of nitrogens with one attached hydrogen (secondary N) is 1. The van der Waals surface area contributed by atoms with E-state index in [9.17, 15) is 5.26 Å². The Morgan fingerprint density at radius 1 is 1.25 bits per heavy atom. The molecule has 0 aliphatic heterocycles. The number of anilines is 1. The van der Waals surface area contributed by atoms with Gasteiger partial charge in [-0.05, 0) is 30.3 Å². The molecule has 2 aromatic rings. The van der Waals surface area contributed by atoms with Gasteiger partial charge in [0.25, 0.3) is 0 Å². The SMILES string of the molecule is COc1ccccc1/C=C(\C#N)Nc1cccc(Cl)c1. The van der Waals surface area contributed by atoms with Gasteiger partial charge in [0.1, 0.15) is 17.5 Å². The Balaban J connectivity index is 2.28. The fourth-order valence-electron chi connectivity index (χ4n) is 1.76. The van der Waals surface area contributed by atoms with E-state index in [4.69, 9.17) is 16.3 Å². The monoisotopic (exact) mass is 284 g/mol. The molecule has 0 spiro atoms. The highest BCUT2D eigenvalue weighted by Gasteiger charge is 2.02. The first kappa shape index (κ1) is 14.0. The molecule has 0 bridgehead atoms. The quantitative estimate of drug-likeness (QED) is 0.850. The number of halogens is 1. The van der Waals surface area contributed by atoms with Crippen molar-refractivity contribution in [2.45, 2.75) is 0 Å². The first-order valence-corrected chi connectivity index (χ1v) is 6.38. The fourth-order valence-corrected chi connectivity index (χ4v) is 1.95. The molecule has 0 aliphatic carbocycles. The molecule has 3 nitrogen and oxygen atoms in total. The van der Waals surface area contributed by atoms with Crippen LogP contribution in [0.2, 0.25) is 5.02 Å². The van der Waals surface area contributed by atoms with Gasteiger partial charge in [0.15, 0.2) is 0 Å². The summed E-state index contributed by atoms with van der Waals surface area (Å²) >= 11 is 5.92. The largest absolute Gasteiger partial charge is 0.496 e. The molecule has 0 heterocycles. The molecule has 0 aromatic heterocycles. The van der Waals surface area contributed by atoms with E-state index in [-0.39, 0.29) is 0 Å². The Labute approximate surface area is 123 Å². The van der Waals surface area contributed by atoms with E-state index >= 15 is 0 Å². The van der Waals surface area contributed by atoms with Crippen LogP contribution in [0.4, 0.5) is 5.69 Å². The minimum atomic E-state index is 0.414. The molecule has 0 saturated carbocycles. The molecular weight excluding hydrogens is 272 g/mol. The highest BCUT2D eigenvalue weighted by atomic mass is 35.5.